The maximum Gasteiger partial charge on any atom is 0.124 e. The monoisotopic (exact) mass is 252 g/mol. The Hall–Kier alpha value is -1.08. The van der Waals surface area contributed by atoms with E-state index >= 15 is 0 Å². The first kappa shape index (κ1) is 14.0. The molecular weight excluding hydrogens is 236 g/mol. The molecule has 1 aromatic rings. The number of hydrogen-bond donors (Lipinski definition) is 0. The molecule has 1 fully saturated rings. The van der Waals surface area contributed by atoms with E-state index in [-0.39, 0.29) is 18.4 Å². The van der Waals surface area contributed by atoms with Crippen molar-refractivity contribution in [2.24, 2.45) is 0 Å². The minimum absolute atomic E-state index is 0. The third-order valence-corrected chi connectivity index (χ3v) is 2.93. The number of nitriles is 1. The first-order valence-electron chi connectivity index (χ1n) is 5.59. The Kier molecular flexibility index (Phi) is 5.43. The van der Waals surface area contributed by atoms with Crippen molar-refractivity contribution in [3.63, 3.8) is 0 Å². The molecule has 92 valence electrons. The van der Waals surface area contributed by atoms with Gasteiger partial charge in [0.1, 0.15) is 6.04 Å². The molecule has 0 spiro atoms. The number of halogens is 1. The van der Waals surface area contributed by atoms with E-state index in [2.05, 4.69) is 30.0 Å². The van der Waals surface area contributed by atoms with Crippen LogP contribution in [0.5, 0.6) is 0 Å². The lowest BCUT2D eigenvalue weighted by molar-refractivity contribution is 0.0266. The Bertz CT molecular complexity index is 379. The average Bonchev–Trinajstić information content (AvgIpc) is 2.34. The number of rotatable bonds is 2. The highest BCUT2D eigenvalue weighted by atomic mass is 35.5. The summed E-state index contributed by atoms with van der Waals surface area (Å²) in [7, 11) is 0. The fraction of sp³-hybridized carbons (Fsp3) is 0.462. The van der Waals surface area contributed by atoms with Gasteiger partial charge in [-0.2, -0.15) is 5.26 Å². The first-order valence-corrected chi connectivity index (χ1v) is 5.59. The predicted octanol–water partition coefficient (Wildman–Crippen LogP) is 2.31. The summed E-state index contributed by atoms with van der Waals surface area (Å²) >= 11 is 0. The van der Waals surface area contributed by atoms with E-state index in [1.165, 1.54) is 5.56 Å². The molecule has 0 radical (unpaired) electrons. The number of benzene rings is 1. The molecule has 1 atom stereocenters. The van der Waals surface area contributed by atoms with Gasteiger partial charge in [0.2, 0.25) is 0 Å². The highest BCUT2D eigenvalue weighted by Crippen LogP contribution is 2.21. The van der Waals surface area contributed by atoms with E-state index < -0.39 is 0 Å². The van der Waals surface area contributed by atoms with Crippen LogP contribution in [0.2, 0.25) is 0 Å². The summed E-state index contributed by atoms with van der Waals surface area (Å²) in [6.07, 6.45) is 0. The van der Waals surface area contributed by atoms with Crippen molar-refractivity contribution in [3.8, 4) is 6.07 Å². The summed E-state index contributed by atoms with van der Waals surface area (Å²) < 4.78 is 5.30. The Balaban J connectivity index is 0.00000144. The number of ether oxygens (including phenoxy) is 1. The van der Waals surface area contributed by atoms with Crippen molar-refractivity contribution in [2.75, 3.05) is 26.3 Å². The SMILES string of the molecule is Cc1ccc(C(C#N)N2CCOCC2)cc1.Cl. The Morgan fingerprint density at radius 3 is 2.35 bits per heavy atom. The smallest absolute Gasteiger partial charge is 0.124 e. The van der Waals surface area contributed by atoms with Crippen LogP contribution >= 0.6 is 12.4 Å². The molecule has 0 bridgehead atoms. The lowest BCUT2D eigenvalue weighted by Crippen LogP contribution is -2.38. The van der Waals surface area contributed by atoms with Gasteiger partial charge in [-0.05, 0) is 12.5 Å². The molecular formula is C13H17ClN2O. The Morgan fingerprint density at radius 2 is 1.82 bits per heavy atom. The summed E-state index contributed by atoms with van der Waals surface area (Å²) in [6, 6.07) is 10.4. The molecule has 4 heteroatoms. The van der Waals surface area contributed by atoms with Gasteiger partial charge in [0.15, 0.2) is 0 Å². The van der Waals surface area contributed by atoms with Gasteiger partial charge in [-0.15, -0.1) is 12.4 Å². The molecule has 0 aromatic heterocycles. The first-order chi connectivity index (χ1) is 7.81. The molecule has 3 nitrogen and oxygen atoms in total. The van der Waals surface area contributed by atoms with Crippen molar-refractivity contribution in [3.05, 3.63) is 35.4 Å². The molecule has 1 saturated heterocycles. The van der Waals surface area contributed by atoms with Crippen LogP contribution in [-0.4, -0.2) is 31.2 Å². The third-order valence-electron chi connectivity index (χ3n) is 2.93. The number of aryl methyl sites for hydroxylation is 1. The molecule has 0 saturated carbocycles. The molecule has 0 amide bonds. The van der Waals surface area contributed by atoms with Crippen molar-refractivity contribution in [1.82, 2.24) is 4.90 Å². The zero-order valence-corrected chi connectivity index (χ0v) is 10.7. The standard InChI is InChI=1S/C13H16N2O.ClH/c1-11-2-4-12(5-3-11)13(10-14)15-6-8-16-9-7-15;/h2-5,13H,6-9H2,1H3;1H. The second-order valence-electron chi connectivity index (χ2n) is 4.09. The van der Waals surface area contributed by atoms with E-state index in [9.17, 15) is 5.26 Å². The minimum atomic E-state index is -0.135. The van der Waals surface area contributed by atoms with Crippen LogP contribution in [0.15, 0.2) is 24.3 Å². The van der Waals surface area contributed by atoms with E-state index in [0.29, 0.717) is 0 Å². The fourth-order valence-corrected chi connectivity index (χ4v) is 1.95. The fourth-order valence-electron chi connectivity index (χ4n) is 1.95. The van der Waals surface area contributed by atoms with Gasteiger partial charge in [-0.3, -0.25) is 4.90 Å². The summed E-state index contributed by atoms with van der Waals surface area (Å²) in [5.41, 5.74) is 2.30. The van der Waals surface area contributed by atoms with Crippen molar-refractivity contribution in [2.45, 2.75) is 13.0 Å². The van der Waals surface area contributed by atoms with E-state index in [4.69, 9.17) is 4.74 Å². The van der Waals surface area contributed by atoms with E-state index in [1.54, 1.807) is 0 Å². The lowest BCUT2D eigenvalue weighted by Gasteiger charge is -2.30. The van der Waals surface area contributed by atoms with Crippen LogP contribution in [-0.2, 0) is 4.74 Å². The molecule has 1 heterocycles. The number of hydrogen-bond acceptors (Lipinski definition) is 3. The van der Waals surface area contributed by atoms with Crippen LogP contribution in [0.3, 0.4) is 0 Å². The molecule has 1 aromatic carbocycles. The van der Waals surface area contributed by atoms with Crippen LogP contribution in [0, 0.1) is 18.3 Å². The van der Waals surface area contributed by atoms with Crippen LogP contribution < -0.4 is 0 Å². The second kappa shape index (κ2) is 6.61. The highest BCUT2D eigenvalue weighted by Gasteiger charge is 2.21. The van der Waals surface area contributed by atoms with Crippen LogP contribution in [0.1, 0.15) is 17.2 Å². The topological polar surface area (TPSA) is 36.3 Å². The second-order valence-corrected chi connectivity index (χ2v) is 4.09. The molecule has 0 N–H and O–H groups in total. The quantitative estimate of drug-likeness (QED) is 0.811. The number of nitrogens with zero attached hydrogens (tertiary/aromatic N) is 2. The Labute approximate surface area is 108 Å². The van der Waals surface area contributed by atoms with Gasteiger partial charge >= 0.3 is 0 Å². The minimum Gasteiger partial charge on any atom is -0.379 e. The van der Waals surface area contributed by atoms with Crippen molar-refractivity contribution in [1.29, 1.82) is 5.26 Å². The largest absolute Gasteiger partial charge is 0.379 e. The highest BCUT2D eigenvalue weighted by molar-refractivity contribution is 5.85. The van der Waals surface area contributed by atoms with Crippen molar-refractivity contribution < 1.29 is 4.74 Å². The van der Waals surface area contributed by atoms with E-state index in [1.807, 2.05) is 12.1 Å². The Morgan fingerprint density at radius 1 is 1.24 bits per heavy atom. The van der Waals surface area contributed by atoms with Gasteiger partial charge in [0.25, 0.3) is 0 Å². The molecule has 17 heavy (non-hydrogen) atoms. The predicted molar refractivity (Wildman–Crippen MR) is 69.2 cm³/mol. The van der Waals surface area contributed by atoms with Crippen molar-refractivity contribution >= 4 is 12.4 Å². The lowest BCUT2D eigenvalue weighted by atomic mass is 10.0. The molecule has 1 unspecified atom stereocenters. The maximum absolute atomic E-state index is 9.27. The summed E-state index contributed by atoms with van der Waals surface area (Å²) in [5, 5.41) is 9.27. The normalized spacial score (nSPS) is 17.9. The van der Waals surface area contributed by atoms with Gasteiger partial charge in [0.05, 0.1) is 19.3 Å². The van der Waals surface area contributed by atoms with Crippen LogP contribution in [0.25, 0.3) is 0 Å². The van der Waals surface area contributed by atoms with Gasteiger partial charge < -0.3 is 4.74 Å². The van der Waals surface area contributed by atoms with Gasteiger partial charge in [0, 0.05) is 13.1 Å². The molecule has 0 aliphatic carbocycles. The zero-order chi connectivity index (χ0) is 11.4. The summed E-state index contributed by atoms with van der Waals surface area (Å²) in [4.78, 5) is 2.17. The maximum atomic E-state index is 9.27. The average molecular weight is 253 g/mol. The summed E-state index contributed by atoms with van der Waals surface area (Å²) in [6.45, 7) is 5.19. The third kappa shape index (κ3) is 3.44. The van der Waals surface area contributed by atoms with Crippen LogP contribution in [0.4, 0.5) is 0 Å². The van der Waals surface area contributed by atoms with E-state index in [0.717, 1.165) is 31.9 Å². The van der Waals surface area contributed by atoms with Gasteiger partial charge in [-0.1, -0.05) is 29.8 Å². The molecule has 1 aliphatic heterocycles. The number of morpholine rings is 1. The molecule has 2 rings (SSSR count). The zero-order valence-electron chi connectivity index (χ0n) is 9.93. The summed E-state index contributed by atoms with van der Waals surface area (Å²) in [5.74, 6) is 0. The molecule has 1 aliphatic rings. The van der Waals surface area contributed by atoms with Gasteiger partial charge in [-0.25, -0.2) is 0 Å².